The number of nitrogens with one attached hydrogen (secondary N) is 2. The molecule has 1 unspecified atom stereocenters. The first-order chi connectivity index (χ1) is 15.0. The second-order valence-electron chi connectivity index (χ2n) is 8.20. The van der Waals surface area contributed by atoms with Crippen molar-refractivity contribution in [1.82, 2.24) is 10.2 Å². The zero-order valence-corrected chi connectivity index (χ0v) is 18.0. The van der Waals surface area contributed by atoms with E-state index in [9.17, 15) is 14.4 Å². The van der Waals surface area contributed by atoms with Crippen LogP contribution in [-0.2, 0) is 11.2 Å². The number of amides is 5. The molecule has 2 aromatic rings. The lowest BCUT2D eigenvalue weighted by Crippen LogP contribution is -2.41. The summed E-state index contributed by atoms with van der Waals surface area (Å²) in [5.41, 5.74) is 4.43. The molecule has 162 valence electrons. The van der Waals surface area contributed by atoms with Crippen LogP contribution in [-0.4, -0.2) is 42.5 Å². The standard InChI is InChI=1S/C24H28N4O3/c1-3-17-7-9-18(10-8-17)19-5-4-12-27(15-19)24(31)26-20-11-6-16(2)21(13-20)28-22(29)14-25-23(28)30/h6-11,13,19H,3-5,12,14-15H2,1-2H3,(H,25,30)(H,26,31). The molecule has 2 aromatic carbocycles. The number of aryl methyl sites for hydroxylation is 2. The zero-order valence-electron chi connectivity index (χ0n) is 18.0. The highest BCUT2D eigenvalue weighted by Gasteiger charge is 2.31. The summed E-state index contributed by atoms with van der Waals surface area (Å²) in [7, 11) is 0. The van der Waals surface area contributed by atoms with Gasteiger partial charge in [-0.2, -0.15) is 0 Å². The first kappa shape index (κ1) is 20.9. The highest BCUT2D eigenvalue weighted by atomic mass is 16.2. The molecule has 2 aliphatic rings. The van der Waals surface area contributed by atoms with Crippen LogP contribution in [0.4, 0.5) is 21.0 Å². The van der Waals surface area contributed by atoms with Crippen molar-refractivity contribution in [3.63, 3.8) is 0 Å². The lowest BCUT2D eigenvalue weighted by Gasteiger charge is -2.33. The van der Waals surface area contributed by atoms with Crippen molar-refractivity contribution in [2.75, 3.05) is 29.9 Å². The van der Waals surface area contributed by atoms with Crippen LogP contribution >= 0.6 is 0 Å². The molecule has 0 spiro atoms. The molecule has 0 saturated carbocycles. The third-order valence-electron chi connectivity index (χ3n) is 6.11. The van der Waals surface area contributed by atoms with Crippen LogP contribution < -0.4 is 15.5 Å². The number of rotatable bonds is 4. The van der Waals surface area contributed by atoms with E-state index in [1.54, 1.807) is 18.2 Å². The maximum absolute atomic E-state index is 12.9. The number of urea groups is 2. The molecule has 2 fully saturated rings. The van der Waals surface area contributed by atoms with E-state index in [0.29, 0.717) is 30.4 Å². The molecule has 2 aliphatic heterocycles. The minimum Gasteiger partial charge on any atom is -0.328 e. The van der Waals surface area contributed by atoms with Crippen molar-refractivity contribution in [2.45, 2.75) is 39.0 Å². The SMILES string of the molecule is CCc1ccc(C2CCCN(C(=O)Nc3ccc(C)c(N4C(=O)CNC4=O)c3)C2)cc1. The molecular weight excluding hydrogens is 392 g/mol. The number of piperidine rings is 1. The highest BCUT2D eigenvalue weighted by molar-refractivity contribution is 6.20. The lowest BCUT2D eigenvalue weighted by molar-refractivity contribution is -0.115. The molecule has 2 N–H and O–H groups in total. The van der Waals surface area contributed by atoms with Crippen LogP contribution in [0.25, 0.3) is 0 Å². The Morgan fingerprint density at radius 1 is 1.16 bits per heavy atom. The van der Waals surface area contributed by atoms with Crippen LogP contribution in [0.5, 0.6) is 0 Å². The minimum atomic E-state index is -0.440. The number of benzene rings is 2. The average molecular weight is 421 g/mol. The van der Waals surface area contributed by atoms with Gasteiger partial charge in [-0.3, -0.25) is 4.79 Å². The number of hydrogen-bond acceptors (Lipinski definition) is 3. The number of imide groups is 1. The van der Waals surface area contributed by atoms with Crippen LogP contribution in [0, 0.1) is 6.92 Å². The molecule has 5 amide bonds. The van der Waals surface area contributed by atoms with E-state index >= 15 is 0 Å². The summed E-state index contributed by atoms with van der Waals surface area (Å²) in [6.45, 7) is 5.34. The number of likely N-dealkylation sites (tertiary alicyclic amines) is 1. The molecule has 0 aromatic heterocycles. The van der Waals surface area contributed by atoms with Gasteiger partial charge in [-0.15, -0.1) is 0 Å². The first-order valence-corrected chi connectivity index (χ1v) is 10.8. The van der Waals surface area contributed by atoms with Gasteiger partial charge in [-0.25, -0.2) is 14.5 Å². The van der Waals surface area contributed by atoms with Crippen molar-refractivity contribution >= 4 is 29.3 Å². The fraction of sp³-hybridized carbons (Fsp3) is 0.375. The highest BCUT2D eigenvalue weighted by Crippen LogP contribution is 2.29. The molecule has 7 heteroatoms. The monoisotopic (exact) mass is 420 g/mol. The lowest BCUT2D eigenvalue weighted by atomic mass is 9.90. The van der Waals surface area contributed by atoms with E-state index in [0.717, 1.165) is 29.7 Å². The molecule has 2 saturated heterocycles. The summed E-state index contributed by atoms with van der Waals surface area (Å²) in [4.78, 5) is 40.0. The average Bonchev–Trinajstić information content (AvgIpc) is 3.13. The van der Waals surface area contributed by atoms with Gasteiger partial charge < -0.3 is 15.5 Å². The maximum Gasteiger partial charge on any atom is 0.329 e. The Hall–Kier alpha value is -3.35. The van der Waals surface area contributed by atoms with E-state index in [4.69, 9.17) is 0 Å². The summed E-state index contributed by atoms with van der Waals surface area (Å²) in [5, 5.41) is 5.47. The van der Waals surface area contributed by atoms with Gasteiger partial charge in [0.25, 0.3) is 5.91 Å². The quantitative estimate of drug-likeness (QED) is 0.733. The van der Waals surface area contributed by atoms with Gasteiger partial charge in [0.05, 0.1) is 12.2 Å². The molecule has 31 heavy (non-hydrogen) atoms. The van der Waals surface area contributed by atoms with Gasteiger partial charge in [0, 0.05) is 24.7 Å². The minimum absolute atomic E-state index is 0.0107. The van der Waals surface area contributed by atoms with Gasteiger partial charge in [-0.1, -0.05) is 37.3 Å². The number of hydrogen-bond donors (Lipinski definition) is 2. The van der Waals surface area contributed by atoms with Gasteiger partial charge in [0.2, 0.25) is 0 Å². The summed E-state index contributed by atoms with van der Waals surface area (Å²) < 4.78 is 0. The van der Waals surface area contributed by atoms with Gasteiger partial charge in [0.15, 0.2) is 0 Å². The van der Waals surface area contributed by atoms with Crippen molar-refractivity contribution in [2.24, 2.45) is 0 Å². The van der Waals surface area contributed by atoms with Gasteiger partial charge in [0.1, 0.15) is 0 Å². The van der Waals surface area contributed by atoms with Crippen LogP contribution in [0.2, 0.25) is 0 Å². The molecule has 0 radical (unpaired) electrons. The van der Waals surface area contributed by atoms with Gasteiger partial charge >= 0.3 is 12.1 Å². The van der Waals surface area contributed by atoms with Crippen LogP contribution in [0.3, 0.4) is 0 Å². The predicted molar refractivity (Wildman–Crippen MR) is 120 cm³/mol. The smallest absolute Gasteiger partial charge is 0.328 e. The Balaban J connectivity index is 1.46. The summed E-state index contributed by atoms with van der Waals surface area (Å²) >= 11 is 0. The van der Waals surface area contributed by atoms with Crippen LogP contribution in [0.1, 0.15) is 42.4 Å². The van der Waals surface area contributed by atoms with E-state index in [-0.39, 0.29) is 18.5 Å². The fourth-order valence-electron chi connectivity index (χ4n) is 4.26. The van der Waals surface area contributed by atoms with Crippen LogP contribution in [0.15, 0.2) is 42.5 Å². The Bertz CT molecular complexity index is 986. The molecule has 0 aliphatic carbocycles. The van der Waals surface area contributed by atoms with Crippen molar-refractivity contribution < 1.29 is 14.4 Å². The second kappa shape index (κ2) is 8.79. The van der Waals surface area contributed by atoms with E-state index in [1.807, 2.05) is 11.8 Å². The number of carbonyl (C=O) groups excluding carboxylic acids is 3. The Labute approximate surface area is 182 Å². The Morgan fingerprint density at radius 3 is 2.61 bits per heavy atom. The van der Waals surface area contributed by atoms with Crippen molar-refractivity contribution in [3.8, 4) is 0 Å². The first-order valence-electron chi connectivity index (χ1n) is 10.8. The topological polar surface area (TPSA) is 81.8 Å². The fourth-order valence-corrected chi connectivity index (χ4v) is 4.26. The predicted octanol–water partition coefficient (Wildman–Crippen LogP) is 4.03. The summed E-state index contributed by atoms with van der Waals surface area (Å²) in [6.07, 6.45) is 3.04. The second-order valence-corrected chi connectivity index (χ2v) is 8.20. The maximum atomic E-state index is 12.9. The van der Waals surface area contributed by atoms with E-state index in [2.05, 4.69) is 41.8 Å². The Morgan fingerprint density at radius 2 is 1.94 bits per heavy atom. The number of nitrogens with zero attached hydrogens (tertiary/aromatic N) is 2. The number of anilines is 2. The third-order valence-corrected chi connectivity index (χ3v) is 6.11. The molecule has 2 heterocycles. The molecule has 4 rings (SSSR count). The summed E-state index contributed by atoms with van der Waals surface area (Å²) in [6, 6.07) is 13.4. The van der Waals surface area contributed by atoms with Crippen molar-refractivity contribution in [3.05, 3.63) is 59.2 Å². The third kappa shape index (κ3) is 4.40. The summed E-state index contributed by atoms with van der Waals surface area (Å²) in [5.74, 6) is 0.0226. The van der Waals surface area contributed by atoms with E-state index in [1.165, 1.54) is 11.1 Å². The molecule has 7 nitrogen and oxygen atoms in total. The molecular formula is C24H28N4O3. The van der Waals surface area contributed by atoms with Crippen molar-refractivity contribution in [1.29, 1.82) is 0 Å². The zero-order chi connectivity index (χ0) is 22.0. The van der Waals surface area contributed by atoms with Gasteiger partial charge in [-0.05, 0) is 55.0 Å². The normalized spacial score (nSPS) is 18.8. The largest absolute Gasteiger partial charge is 0.329 e. The molecule has 0 bridgehead atoms. The number of carbonyl (C=O) groups is 3. The molecule has 1 atom stereocenters. The Kier molecular flexibility index (Phi) is 5.93. The van der Waals surface area contributed by atoms with E-state index < -0.39 is 6.03 Å².